The molecule has 1 nitrogen and oxygen atoms in total. The highest BCUT2D eigenvalue weighted by Gasteiger charge is 2.28. The molecule has 0 fully saturated rings. The lowest BCUT2D eigenvalue weighted by Crippen LogP contribution is -2.31. The molecule has 1 heterocycles. The van der Waals surface area contributed by atoms with Gasteiger partial charge in [-0.25, -0.2) is 0 Å². The van der Waals surface area contributed by atoms with Crippen molar-refractivity contribution in [3.63, 3.8) is 0 Å². The van der Waals surface area contributed by atoms with Gasteiger partial charge in [-0.15, -0.1) is 11.8 Å². The Hall–Kier alpha value is -0.670. The molecule has 1 aliphatic rings. The Balaban J connectivity index is 1.81. The van der Waals surface area contributed by atoms with E-state index in [4.69, 9.17) is 28.9 Å². The molecule has 20 heavy (non-hydrogen) atoms. The van der Waals surface area contributed by atoms with Gasteiger partial charge < -0.3 is 5.73 Å². The Morgan fingerprint density at radius 1 is 1.15 bits per heavy atom. The average molecular weight is 324 g/mol. The van der Waals surface area contributed by atoms with E-state index in [1.807, 2.05) is 23.9 Å². The maximum Gasteiger partial charge on any atom is 0.0624 e. The van der Waals surface area contributed by atoms with Gasteiger partial charge >= 0.3 is 0 Å². The topological polar surface area (TPSA) is 26.0 Å². The van der Waals surface area contributed by atoms with Crippen LogP contribution in [0, 0.1) is 0 Å². The molecule has 1 aliphatic heterocycles. The second-order valence-electron chi connectivity index (χ2n) is 5.04. The third kappa shape index (κ3) is 2.71. The number of benzene rings is 2. The molecule has 0 saturated heterocycles. The fourth-order valence-electron chi connectivity index (χ4n) is 2.64. The Morgan fingerprint density at radius 3 is 2.80 bits per heavy atom. The maximum atomic E-state index is 6.43. The van der Waals surface area contributed by atoms with Crippen LogP contribution in [-0.4, -0.2) is 11.8 Å². The first-order valence-corrected chi connectivity index (χ1v) is 8.31. The second-order valence-corrected chi connectivity index (χ2v) is 6.88. The fourth-order valence-corrected chi connectivity index (χ4v) is 4.39. The third-order valence-corrected chi connectivity index (χ3v) is 5.81. The van der Waals surface area contributed by atoms with Crippen molar-refractivity contribution in [2.75, 3.05) is 5.75 Å². The van der Waals surface area contributed by atoms with Crippen molar-refractivity contribution in [1.29, 1.82) is 0 Å². The number of nitrogens with two attached hydrogens (primary N) is 1. The molecule has 0 saturated carbocycles. The molecule has 0 aromatic heterocycles. The van der Waals surface area contributed by atoms with Crippen molar-refractivity contribution in [3.05, 3.63) is 63.6 Å². The van der Waals surface area contributed by atoms with E-state index in [0.29, 0.717) is 16.0 Å². The van der Waals surface area contributed by atoms with E-state index >= 15 is 0 Å². The number of halogens is 2. The normalized spacial score (nSPS) is 18.9. The summed E-state index contributed by atoms with van der Waals surface area (Å²) < 4.78 is 0. The first-order chi connectivity index (χ1) is 9.66. The minimum atomic E-state index is 0.0575. The van der Waals surface area contributed by atoms with Gasteiger partial charge in [-0.2, -0.15) is 0 Å². The second kappa shape index (κ2) is 5.98. The molecule has 4 heteroatoms. The molecule has 2 N–H and O–H groups in total. The summed E-state index contributed by atoms with van der Waals surface area (Å²) in [5.41, 5.74) is 8.82. The Labute approximate surface area is 133 Å². The van der Waals surface area contributed by atoms with E-state index in [1.54, 1.807) is 6.07 Å². The lowest BCUT2D eigenvalue weighted by Gasteiger charge is -2.20. The molecular formula is C16H15Cl2NS. The maximum absolute atomic E-state index is 6.43. The molecule has 104 valence electrons. The van der Waals surface area contributed by atoms with Gasteiger partial charge in [0.2, 0.25) is 0 Å². The van der Waals surface area contributed by atoms with E-state index in [0.717, 1.165) is 17.7 Å². The highest BCUT2D eigenvalue weighted by Crippen LogP contribution is 2.41. The largest absolute Gasteiger partial charge is 0.327 e. The summed E-state index contributed by atoms with van der Waals surface area (Å²) >= 11 is 14.2. The van der Waals surface area contributed by atoms with Gasteiger partial charge in [0.25, 0.3) is 0 Å². The van der Waals surface area contributed by atoms with Crippen molar-refractivity contribution in [2.24, 2.45) is 5.73 Å². The number of hydrogen-bond donors (Lipinski definition) is 1. The summed E-state index contributed by atoms with van der Waals surface area (Å²) in [6.07, 6.45) is 0.749. The molecule has 0 aliphatic carbocycles. The van der Waals surface area contributed by atoms with Crippen LogP contribution >= 0.6 is 35.0 Å². The van der Waals surface area contributed by atoms with Crippen LogP contribution in [0.2, 0.25) is 10.0 Å². The highest BCUT2D eigenvalue weighted by atomic mass is 35.5. The summed E-state index contributed by atoms with van der Waals surface area (Å²) in [6.45, 7) is 0. The molecule has 0 amide bonds. The monoisotopic (exact) mass is 323 g/mol. The van der Waals surface area contributed by atoms with Gasteiger partial charge in [-0.1, -0.05) is 53.5 Å². The van der Waals surface area contributed by atoms with E-state index in [2.05, 4.69) is 24.3 Å². The zero-order valence-electron chi connectivity index (χ0n) is 10.9. The van der Waals surface area contributed by atoms with Gasteiger partial charge in [0, 0.05) is 22.6 Å². The Morgan fingerprint density at radius 2 is 1.95 bits per heavy atom. The molecule has 3 rings (SSSR count). The predicted molar refractivity (Wildman–Crippen MR) is 88.0 cm³/mol. The Bertz CT molecular complexity index is 630. The van der Waals surface area contributed by atoms with Crippen molar-refractivity contribution in [1.82, 2.24) is 0 Å². The number of fused-ring (bicyclic) bond motifs is 1. The van der Waals surface area contributed by atoms with Crippen LogP contribution in [0.1, 0.15) is 17.0 Å². The summed E-state index contributed by atoms with van der Waals surface area (Å²) in [4.78, 5) is 1.35. The standard InChI is InChI=1S/C16H15Cl2NS/c17-13-6-3-4-10(16(13)18)8-14(19)12-9-20-15-7-2-1-5-11(12)15/h1-7,12,14H,8-9,19H2. The average Bonchev–Trinajstić information content (AvgIpc) is 2.88. The minimum absolute atomic E-state index is 0.0575. The van der Waals surface area contributed by atoms with Crippen molar-refractivity contribution < 1.29 is 0 Å². The SMILES string of the molecule is NC(Cc1cccc(Cl)c1Cl)C1CSc2ccccc21. The first-order valence-electron chi connectivity index (χ1n) is 6.57. The van der Waals surface area contributed by atoms with Gasteiger partial charge in [0.1, 0.15) is 0 Å². The fraction of sp³-hybridized carbons (Fsp3) is 0.250. The van der Waals surface area contributed by atoms with E-state index < -0.39 is 0 Å². The molecule has 0 radical (unpaired) electrons. The summed E-state index contributed by atoms with van der Waals surface area (Å²) in [5.74, 6) is 1.42. The summed E-state index contributed by atoms with van der Waals surface area (Å²) in [5, 5.41) is 1.22. The van der Waals surface area contributed by atoms with Crippen molar-refractivity contribution in [2.45, 2.75) is 23.3 Å². The zero-order valence-corrected chi connectivity index (χ0v) is 13.2. The van der Waals surface area contributed by atoms with Crippen molar-refractivity contribution >= 4 is 35.0 Å². The van der Waals surface area contributed by atoms with E-state index in [-0.39, 0.29) is 6.04 Å². The van der Waals surface area contributed by atoms with Crippen LogP contribution in [0.15, 0.2) is 47.4 Å². The molecule has 0 spiro atoms. The zero-order chi connectivity index (χ0) is 14.1. The molecule has 0 bridgehead atoms. The van der Waals surface area contributed by atoms with E-state index in [9.17, 15) is 0 Å². The van der Waals surface area contributed by atoms with Crippen LogP contribution in [-0.2, 0) is 6.42 Å². The Kier molecular flexibility index (Phi) is 4.27. The number of thioether (sulfide) groups is 1. The highest BCUT2D eigenvalue weighted by molar-refractivity contribution is 7.99. The summed E-state index contributed by atoms with van der Waals surface area (Å²) in [7, 11) is 0. The lowest BCUT2D eigenvalue weighted by atomic mass is 9.90. The van der Waals surface area contributed by atoms with Crippen LogP contribution < -0.4 is 5.73 Å². The third-order valence-electron chi connectivity index (χ3n) is 3.74. The van der Waals surface area contributed by atoms with Gasteiger partial charge in [0.05, 0.1) is 10.0 Å². The summed E-state index contributed by atoms with van der Waals surface area (Å²) in [6, 6.07) is 14.3. The molecule has 2 aromatic rings. The smallest absolute Gasteiger partial charge is 0.0624 e. The van der Waals surface area contributed by atoms with Crippen LogP contribution in [0.3, 0.4) is 0 Å². The molecule has 2 atom stereocenters. The number of hydrogen-bond acceptors (Lipinski definition) is 2. The van der Waals surface area contributed by atoms with Crippen LogP contribution in [0.5, 0.6) is 0 Å². The number of rotatable bonds is 3. The first kappa shape index (κ1) is 14.3. The van der Waals surface area contributed by atoms with Crippen molar-refractivity contribution in [3.8, 4) is 0 Å². The molecule has 2 aromatic carbocycles. The van der Waals surface area contributed by atoms with Crippen LogP contribution in [0.25, 0.3) is 0 Å². The van der Waals surface area contributed by atoms with E-state index in [1.165, 1.54) is 10.5 Å². The molecule has 2 unspecified atom stereocenters. The quantitative estimate of drug-likeness (QED) is 0.881. The van der Waals surface area contributed by atoms with Gasteiger partial charge in [-0.3, -0.25) is 0 Å². The minimum Gasteiger partial charge on any atom is -0.327 e. The predicted octanol–water partition coefficient (Wildman–Crippen LogP) is 4.75. The lowest BCUT2D eigenvalue weighted by molar-refractivity contribution is 0.572. The van der Waals surface area contributed by atoms with Gasteiger partial charge in [0.15, 0.2) is 0 Å². The molecular weight excluding hydrogens is 309 g/mol. The van der Waals surface area contributed by atoms with Gasteiger partial charge in [-0.05, 0) is 29.7 Å². The van der Waals surface area contributed by atoms with Crippen LogP contribution in [0.4, 0.5) is 0 Å².